The van der Waals surface area contributed by atoms with Crippen LogP contribution in [-0.4, -0.2) is 69.8 Å². The highest BCUT2D eigenvalue weighted by Gasteiger charge is 2.45. The highest BCUT2D eigenvalue weighted by atomic mass is 35.5. The molecule has 0 N–H and O–H groups in total. The largest absolute Gasteiger partial charge is 0.491 e. The minimum Gasteiger partial charge on any atom is -0.491 e. The second-order valence-electron chi connectivity index (χ2n) is 11.9. The van der Waals surface area contributed by atoms with E-state index in [0.29, 0.717) is 56.3 Å². The number of carbonyl (C=O) groups excluding carboxylic acids is 2. The fraction of sp³-hybridized carbons (Fsp3) is 0.657. The zero-order valence-corrected chi connectivity index (χ0v) is 27.4. The van der Waals surface area contributed by atoms with Gasteiger partial charge in [0.15, 0.2) is 12.6 Å². The van der Waals surface area contributed by atoms with Gasteiger partial charge in [0, 0.05) is 49.8 Å². The summed E-state index contributed by atoms with van der Waals surface area (Å²) in [5.41, 5.74) is 0. The van der Waals surface area contributed by atoms with Crippen LogP contribution in [0.15, 0.2) is 48.6 Å². The van der Waals surface area contributed by atoms with E-state index in [4.69, 9.17) is 44.8 Å². The Morgan fingerprint density at radius 1 is 1.00 bits per heavy atom. The number of rotatable bonds is 16. The van der Waals surface area contributed by atoms with Crippen molar-refractivity contribution in [3.05, 3.63) is 53.6 Å². The molecule has 2 unspecified atom stereocenters. The van der Waals surface area contributed by atoms with Gasteiger partial charge >= 0.3 is 11.9 Å². The van der Waals surface area contributed by atoms with Gasteiger partial charge in [-0.25, -0.2) is 0 Å². The summed E-state index contributed by atoms with van der Waals surface area (Å²) in [4.78, 5) is 23.6. The fourth-order valence-electron chi connectivity index (χ4n) is 6.12. The van der Waals surface area contributed by atoms with Gasteiger partial charge in [-0.05, 0) is 82.1 Å². The second kappa shape index (κ2) is 19.3. The molecule has 1 aliphatic carbocycles. The first kappa shape index (κ1) is 35.4. The van der Waals surface area contributed by atoms with Crippen LogP contribution in [0.5, 0.6) is 5.75 Å². The van der Waals surface area contributed by atoms with Gasteiger partial charge in [-0.2, -0.15) is 0 Å². The summed E-state index contributed by atoms with van der Waals surface area (Å²) < 4.78 is 41.5. The smallest absolute Gasteiger partial charge is 0.305 e. The molecule has 0 bridgehead atoms. The van der Waals surface area contributed by atoms with E-state index >= 15 is 0 Å². The van der Waals surface area contributed by atoms with Crippen molar-refractivity contribution >= 4 is 23.5 Å². The number of esters is 2. The number of ether oxygens (including phenoxy) is 7. The Morgan fingerprint density at radius 2 is 1.73 bits per heavy atom. The van der Waals surface area contributed by atoms with Crippen LogP contribution in [0.25, 0.3) is 0 Å². The lowest BCUT2D eigenvalue weighted by molar-refractivity contribution is -0.193. The zero-order chi connectivity index (χ0) is 31.9. The molecule has 1 aromatic rings. The van der Waals surface area contributed by atoms with E-state index in [9.17, 15) is 9.59 Å². The third kappa shape index (κ3) is 12.4. The van der Waals surface area contributed by atoms with Gasteiger partial charge in [0.1, 0.15) is 24.6 Å². The third-order valence-corrected chi connectivity index (χ3v) is 8.69. The second-order valence-corrected chi connectivity index (χ2v) is 12.3. The van der Waals surface area contributed by atoms with E-state index in [0.717, 1.165) is 44.9 Å². The van der Waals surface area contributed by atoms with E-state index in [1.165, 1.54) is 14.0 Å². The number of hydrogen-bond acceptors (Lipinski definition) is 9. The van der Waals surface area contributed by atoms with Crippen LogP contribution in [0.2, 0.25) is 5.02 Å². The minimum absolute atomic E-state index is 0.0145. The lowest BCUT2D eigenvalue weighted by Gasteiger charge is -2.30. The lowest BCUT2D eigenvalue weighted by Crippen LogP contribution is -2.32. The topological polar surface area (TPSA) is 98.8 Å². The van der Waals surface area contributed by atoms with Crippen molar-refractivity contribution in [1.29, 1.82) is 0 Å². The average molecular weight is 649 g/mol. The van der Waals surface area contributed by atoms with E-state index in [-0.39, 0.29) is 54.7 Å². The molecule has 2 heterocycles. The van der Waals surface area contributed by atoms with Gasteiger partial charge in [-0.3, -0.25) is 9.59 Å². The van der Waals surface area contributed by atoms with Crippen LogP contribution >= 0.6 is 11.6 Å². The maximum Gasteiger partial charge on any atom is 0.305 e. The Bertz CT molecular complexity index is 1080. The maximum absolute atomic E-state index is 12.2. The van der Waals surface area contributed by atoms with Crippen molar-refractivity contribution in [3.8, 4) is 5.75 Å². The van der Waals surface area contributed by atoms with Gasteiger partial charge in [0.25, 0.3) is 0 Å². The number of unbranched alkanes of at least 4 members (excludes halogenated alkanes) is 1. The standard InChI is InChI=1S/C35H49ClO9/c1-25(37)43-31-23-32(45-35-14-8-10-22-41-35)30(29(31)11-5-3-4-6-12-33(38)39-2)20-19-28(44-34-13-7-9-21-40-34)24-42-27-17-15-26(36)16-18-27/h3,5,15-20,28-32,34-35H,4,6-14,21-24H2,1-2H3/b5-3-,20-19+/t28-,29-,30-,31+,32-,34?,35?/m1/s1. The molecular formula is C35H49ClO9. The average Bonchev–Trinajstić information content (AvgIpc) is 3.35. The fourth-order valence-corrected chi connectivity index (χ4v) is 6.25. The molecule has 3 aliphatic rings. The molecule has 4 rings (SSSR count). The number of methoxy groups -OCH3 is 1. The van der Waals surface area contributed by atoms with E-state index in [1.54, 1.807) is 12.1 Å². The van der Waals surface area contributed by atoms with Crippen LogP contribution in [0, 0.1) is 11.8 Å². The molecule has 45 heavy (non-hydrogen) atoms. The van der Waals surface area contributed by atoms with Gasteiger partial charge in [-0.15, -0.1) is 0 Å². The molecule has 0 aromatic heterocycles. The Labute approximate surface area is 272 Å². The molecule has 7 atom stereocenters. The molecule has 3 fully saturated rings. The molecule has 1 aromatic carbocycles. The molecule has 2 aliphatic heterocycles. The molecule has 9 nitrogen and oxygen atoms in total. The zero-order valence-electron chi connectivity index (χ0n) is 26.6. The summed E-state index contributed by atoms with van der Waals surface area (Å²) in [5, 5.41) is 0.644. The summed E-state index contributed by atoms with van der Waals surface area (Å²) >= 11 is 6.06. The monoisotopic (exact) mass is 648 g/mol. The van der Waals surface area contributed by atoms with Crippen molar-refractivity contribution in [3.63, 3.8) is 0 Å². The normalized spacial score (nSPS) is 27.9. The number of allylic oxidation sites excluding steroid dienone is 2. The molecule has 0 spiro atoms. The minimum atomic E-state index is -0.377. The molecule has 250 valence electrons. The van der Waals surface area contributed by atoms with E-state index < -0.39 is 0 Å². The summed E-state index contributed by atoms with van der Waals surface area (Å²) in [6.07, 6.45) is 15.9. The molecule has 0 amide bonds. The Kier molecular flexibility index (Phi) is 15.2. The molecule has 1 saturated carbocycles. The first-order valence-corrected chi connectivity index (χ1v) is 16.8. The van der Waals surface area contributed by atoms with Gasteiger partial charge in [0.2, 0.25) is 0 Å². The van der Waals surface area contributed by atoms with Crippen LogP contribution in [0.4, 0.5) is 0 Å². The van der Waals surface area contributed by atoms with Gasteiger partial charge in [-0.1, -0.05) is 35.9 Å². The molecule has 0 radical (unpaired) electrons. The van der Waals surface area contributed by atoms with E-state index in [1.807, 2.05) is 18.2 Å². The molecule has 2 saturated heterocycles. The van der Waals surface area contributed by atoms with Crippen LogP contribution in [0.1, 0.15) is 77.6 Å². The predicted octanol–water partition coefficient (Wildman–Crippen LogP) is 6.96. The summed E-state index contributed by atoms with van der Waals surface area (Å²) in [6.45, 7) is 3.10. The summed E-state index contributed by atoms with van der Waals surface area (Å²) in [5.74, 6) is 0.108. The molecule has 10 heteroatoms. The first-order valence-electron chi connectivity index (χ1n) is 16.4. The number of halogens is 1. The SMILES string of the molecule is COC(=O)CCC/C=C\C[C@@H]1[C@@H](/C=C/[C@H](COc2ccc(Cl)cc2)OC2CCCCO2)[C@H](OC2CCCCO2)C[C@@H]1OC(C)=O. The highest BCUT2D eigenvalue weighted by Crippen LogP contribution is 2.41. The first-order chi connectivity index (χ1) is 21.9. The number of hydrogen-bond donors (Lipinski definition) is 0. The predicted molar refractivity (Wildman–Crippen MR) is 170 cm³/mol. The Balaban J connectivity index is 1.51. The third-order valence-electron chi connectivity index (χ3n) is 8.44. The number of benzene rings is 1. The van der Waals surface area contributed by atoms with Gasteiger partial charge < -0.3 is 33.2 Å². The van der Waals surface area contributed by atoms with Crippen LogP contribution in [-0.2, 0) is 38.0 Å². The quantitative estimate of drug-likeness (QED) is 0.107. The molecular weight excluding hydrogens is 600 g/mol. The summed E-state index contributed by atoms with van der Waals surface area (Å²) in [7, 11) is 1.40. The summed E-state index contributed by atoms with van der Waals surface area (Å²) in [6, 6.07) is 7.26. The van der Waals surface area contributed by atoms with Crippen LogP contribution in [0.3, 0.4) is 0 Å². The lowest BCUT2D eigenvalue weighted by atomic mass is 9.89. The van der Waals surface area contributed by atoms with Gasteiger partial charge in [0.05, 0.1) is 13.2 Å². The highest BCUT2D eigenvalue weighted by molar-refractivity contribution is 6.30. The number of carbonyl (C=O) groups is 2. The van der Waals surface area contributed by atoms with E-state index in [2.05, 4.69) is 18.2 Å². The maximum atomic E-state index is 12.2. The van der Waals surface area contributed by atoms with Crippen LogP contribution < -0.4 is 4.74 Å². The van der Waals surface area contributed by atoms with Crippen molar-refractivity contribution in [1.82, 2.24) is 0 Å². The van der Waals surface area contributed by atoms with Crippen molar-refractivity contribution in [2.45, 2.75) is 108 Å². The Hall–Kier alpha value is -2.43. The van der Waals surface area contributed by atoms with Crippen molar-refractivity contribution in [2.75, 3.05) is 26.9 Å². The van der Waals surface area contributed by atoms with Crippen molar-refractivity contribution < 1.29 is 42.7 Å². The van der Waals surface area contributed by atoms with Crippen molar-refractivity contribution in [2.24, 2.45) is 11.8 Å². The Morgan fingerprint density at radius 3 is 2.40 bits per heavy atom.